The molecule has 1 aromatic heterocycles. The average molecular weight is 358 g/mol. The maximum Gasteiger partial charge on any atom is 0.247 e. The minimum Gasteiger partial charge on any atom is -0.272 e. The second kappa shape index (κ2) is 7.80. The van der Waals surface area contributed by atoms with Crippen molar-refractivity contribution in [3.05, 3.63) is 90.3 Å². The summed E-state index contributed by atoms with van der Waals surface area (Å²) in [4.78, 5) is 19.0. The molecule has 0 saturated carbocycles. The van der Waals surface area contributed by atoms with Gasteiger partial charge in [-0.2, -0.15) is 15.0 Å². The zero-order valence-electron chi connectivity index (χ0n) is 14.6. The van der Waals surface area contributed by atoms with Crippen molar-refractivity contribution < 1.29 is 9.63 Å². The highest BCUT2D eigenvalue weighted by atomic mass is 16.6. The van der Waals surface area contributed by atoms with Crippen molar-refractivity contribution in [1.29, 1.82) is 0 Å². The molecule has 0 aliphatic carbocycles. The van der Waals surface area contributed by atoms with Crippen molar-refractivity contribution in [3.63, 3.8) is 0 Å². The van der Waals surface area contributed by atoms with E-state index in [4.69, 9.17) is 4.84 Å². The molecule has 0 radical (unpaired) electrons. The molecule has 0 aliphatic rings. The van der Waals surface area contributed by atoms with Crippen LogP contribution in [0.1, 0.15) is 11.3 Å². The van der Waals surface area contributed by atoms with Crippen molar-refractivity contribution >= 4 is 16.7 Å². The molecule has 0 unspecified atom stereocenters. The number of nitrogens with zero attached hydrogens (tertiary/aromatic N) is 3. The summed E-state index contributed by atoms with van der Waals surface area (Å²) in [5.41, 5.74) is 4.93. The Morgan fingerprint density at radius 2 is 1.74 bits per heavy atom. The first kappa shape index (κ1) is 16.9. The Hall–Kier alpha value is -3.51. The SMILES string of the molecule is O=C(Cc1cccc2ccccc12)NOCc1cnn(-c2ccccc2)n1. The zero-order chi connectivity index (χ0) is 18.5. The van der Waals surface area contributed by atoms with Gasteiger partial charge in [0.2, 0.25) is 5.91 Å². The Morgan fingerprint density at radius 3 is 2.63 bits per heavy atom. The van der Waals surface area contributed by atoms with Gasteiger partial charge in [0.1, 0.15) is 12.3 Å². The summed E-state index contributed by atoms with van der Waals surface area (Å²) in [6.07, 6.45) is 1.86. The van der Waals surface area contributed by atoms with Crippen LogP contribution in [-0.2, 0) is 22.7 Å². The molecule has 0 saturated heterocycles. The first-order chi connectivity index (χ1) is 13.3. The highest BCUT2D eigenvalue weighted by Crippen LogP contribution is 2.18. The molecule has 1 heterocycles. The predicted molar refractivity (Wildman–Crippen MR) is 102 cm³/mol. The van der Waals surface area contributed by atoms with Crippen LogP contribution in [0.4, 0.5) is 0 Å². The van der Waals surface area contributed by atoms with E-state index in [1.165, 1.54) is 4.80 Å². The number of hydrogen-bond donors (Lipinski definition) is 1. The van der Waals surface area contributed by atoms with Crippen LogP contribution in [0, 0.1) is 0 Å². The van der Waals surface area contributed by atoms with Gasteiger partial charge in [-0.15, -0.1) is 0 Å². The normalized spacial score (nSPS) is 10.8. The Kier molecular flexibility index (Phi) is 4.89. The molecule has 27 heavy (non-hydrogen) atoms. The van der Waals surface area contributed by atoms with Crippen molar-refractivity contribution in [1.82, 2.24) is 20.5 Å². The van der Waals surface area contributed by atoms with Gasteiger partial charge in [0.05, 0.1) is 18.3 Å². The highest BCUT2D eigenvalue weighted by molar-refractivity contribution is 5.89. The van der Waals surface area contributed by atoms with Gasteiger partial charge in [0, 0.05) is 0 Å². The van der Waals surface area contributed by atoms with Crippen LogP contribution in [0.15, 0.2) is 79.0 Å². The highest BCUT2D eigenvalue weighted by Gasteiger charge is 2.08. The third-order valence-electron chi connectivity index (χ3n) is 4.16. The summed E-state index contributed by atoms with van der Waals surface area (Å²) in [6.45, 7) is 0.147. The largest absolute Gasteiger partial charge is 0.272 e. The van der Waals surface area contributed by atoms with E-state index in [0.717, 1.165) is 22.0 Å². The van der Waals surface area contributed by atoms with Crippen LogP contribution in [0.5, 0.6) is 0 Å². The number of hydroxylamine groups is 1. The van der Waals surface area contributed by atoms with Crippen LogP contribution in [0.3, 0.4) is 0 Å². The lowest BCUT2D eigenvalue weighted by atomic mass is 10.0. The Balaban J connectivity index is 1.33. The molecule has 0 fully saturated rings. The van der Waals surface area contributed by atoms with E-state index in [1.54, 1.807) is 6.20 Å². The standard InChI is InChI=1S/C21H18N4O2/c26-21(13-17-9-6-8-16-7-4-5-12-20(16)17)24-27-15-18-14-22-25(23-18)19-10-2-1-3-11-19/h1-12,14H,13,15H2,(H,24,26). The number of fused-ring (bicyclic) bond motifs is 1. The summed E-state index contributed by atoms with van der Waals surface area (Å²) in [6, 6.07) is 23.5. The number of nitrogens with one attached hydrogen (secondary N) is 1. The zero-order valence-corrected chi connectivity index (χ0v) is 14.6. The van der Waals surface area contributed by atoms with E-state index in [0.29, 0.717) is 5.69 Å². The second-order valence-electron chi connectivity index (χ2n) is 6.09. The Morgan fingerprint density at radius 1 is 0.963 bits per heavy atom. The average Bonchev–Trinajstić information content (AvgIpc) is 3.18. The molecule has 1 amide bonds. The maximum absolute atomic E-state index is 12.2. The van der Waals surface area contributed by atoms with Gasteiger partial charge < -0.3 is 0 Å². The van der Waals surface area contributed by atoms with E-state index < -0.39 is 0 Å². The smallest absolute Gasteiger partial charge is 0.247 e. The summed E-state index contributed by atoms with van der Waals surface area (Å²) in [7, 11) is 0. The lowest BCUT2D eigenvalue weighted by molar-refractivity contribution is -0.133. The fraction of sp³-hybridized carbons (Fsp3) is 0.0952. The van der Waals surface area contributed by atoms with Gasteiger partial charge in [-0.3, -0.25) is 9.63 Å². The summed E-state index contributed by atoms with van der Waals surface area (Å²) < 4.78 is 0. The molecule has 1 N–H and O–H groups in total. The van der Waals surface area contributed by atoms with E-state index in [-0.39, 0.29) is 18.9 Å². The lowest BCUT2D eigenvalue weighted by Crippen LogP contribution is -2.25. The number of rotatable bonds is 6. The third kappa shape index (κ3) is 4.02. The fourth-order valence-corrected chi connectivity index (χ4v) is 2.89. The van der Waals surface area contributed by atoms with Gasteiger partial charge >= 0.3 is 0 Å². The maximum atomic E-state index is 12.2. The molecule has 4 rings (SSSR count). The number of aromatic nitrogens is 3. The monoisotopic (exact) mass is 358 g/mol. The topological polar surface area (TPSA) is 69.0 Å². The Bertz CT molecular complexity index is 1050. The van der Waals surface area contributed by atoms with Gasteiger partial charge in [-0.25, -0.2) is 5.48 Å². The molecule has 3 aromatic carbocycles. The van der Waals surface area contributed by atoms with E-state index in [9.17, 15) is 4.79 Å². The van der Waals surface area contributed by atoms with Crippen molar-refractivity contribution in [2.45, 2.75) is 13.0 Å². The number of hydrogen-bond acceptors (Lipinski definition) is 4. The molecule has 6 nitrogen and oxygen atoms in total. The molecular weight excluding hydrogens is 340 g/mol. The van der Waals surface area contributed by atoms with Crippen LogP contribution in [0.25, 0.3) is 16.5 Å². The quantitative estimate of drug-likeness (QED) is 0.538. The predicted octanol–water partition coefficient (Wildman–Crippen LogP) is 3.21. The van der Waals surface area contributed by atoms with Crippen molar-refractivity contribution in [2.24, 2.45) is 0 Å². The van der Waals surface area contributed by atoms with Gasteiger partial charge in [0.25, 0.3) is 0 Å². The number of amides is 1. The molecule has 134 valence electrons. The molecule has 4 aromatic rings. The lowest BCUT2D eigenvalue weighted by Gasteiger charge is -2.07. The molecular formula is C21H18N4O2. The number of carbonyl (C=O) groups is 1. The number of benzene rings is 3. The molecule has 0 bridgehead atoms. The first-order valence-electron chi connectivity index (χ1n) is 8.63. The first-order valence-corrected chi connectivity index (χ1v) is 8.63. The van der Waals surface area contributed by atoms with Crippen LogP contribution in [-0.4, -0.2) is 20.9 Å². The van der Waals surface area contributed by atoms with Crippen molar-refractivity contribution in [2.75, 3.05) is 0 Å². The molecule has 6 heteroatoms. The fourth-order valence-electron chi connectivity index (χ4n) is 2.89. The minimum absolute atomic E-state index is 0.147. The van der Waals surface area contributed by atoms with Crippen molar-refractivity contribution in [3.8, 4) is 5.69 Å². The second-order valence-corrected chi connectivity index (χ2v) is 6.09. The van der Waals surface area contributed by atoms with E-state index in [2.05, 4.69) is 15.7 Å². The van der Waals surface area contributed by atoms with Crippen LogP contribution >= 0.6 is 0 Å². The van der Waals surface area contributed by atoms with E-state index in [1.807, 2.05) is 72.8 Å². The third-order valence-corrected chi connectivity index (χ3v) is 4.16. The summed E-state index contributed by atoms with van der Waals surface area (Å²) in [5.74, 6) is -0.207. The molecule has 0 atom stereocenters. The summed E-state index contributed by atoms with van der Waals surface area (Å²) in [5, 5.41) is 10.7. The Labute approximate surface area is 156 Å². The van der Waals surface area contributed by atoms with Gasteiger partial charge in [-0.05, 0) is 28.5 Å². The number of carbonyl (C=O) groups excluding carboxylic acids is 1. The van der Waals surface area contributed by atoms with Crippen LogP contribution < -0.4 is 5.48 Å². The van der Waals surface area contributed by atoms with E-state index >= 15 is 0 Å². The molecule has 0 spiro atoms. The number of para-hydroxylation sites is 1. The van der Waals surface area contributed by atoms with Gasteiger partial charge in [-0.1, -0.05) is 60.7 Å². The summed E-state index contributed by atoms with van der Waals surface area (Å²) >= 11 is 0. The van der Waals surface area contributed by atoms with Gasteiger partial charge in [0.15, 0.2) is 0 Å². The molecule has 0 aliphatic heterocycles. The van der Waals surface area contributed by atoms with Crippen LogP contribution in [0.2, 0.25) is 0 Å². The minimum atomic E-state index is -0.207.